The zero-order valence-electron chi connectivity index (χ0n) is 23.1. The van der Waals surface area contributed by atoms with Crippen LogP contribution >= 0.6 is 46.6 Å². The summed E-state index contributed by atoms with van der Waals surface area (Å²) in [6, 6.07) is 18.8. The van der Waals surface area contributed by atoms with Gasteiger partial charge in [0.15, 0.2) is 16.7 Å². The van der Waals surface area contributed by atoms with E-state index in [-0.39, 0.29) is 5.91 Å². The van der Waals surface area contributed by atoms with Crippen LogP contribution in [-0.4, -0.2) is 43.2 Å². The number of nitrogens with one attached hydrogen (secondary N) is 1. The molecule has 0 saturated carbocycles. The van der Waals surface area contributed by atoms with E-state index in [1.807, 2.05) is 36.4 Å². The fraction of sp³-hybridized carbons (Fsp3) is 0.258. The van der Waals surface area contributed by atoms with Gasteiger partial charge >= 0.3 is 0 Å². The molecule has 1 aromatic heterocycles. The van der Waals surface area contributed by atoms with Crippen molar-refractivity contribution in [3.8, 4) is 11.5 Å². The number of benzene rings is 3. The first kappa shape index (κ1) is 30.3. The molecule has 0 radical (unpaired) electrons. The molecule has 218 valence electrons. The average Bonchev–Trinajstić information content (AvgIpc) is 2.99. The number of aromatic nitrogens is 2. The SMILES string of the molecule is COc1cc2c(cc1OC)CN(c1cc(Cl)nc(SCc3cccc(C(=O)NCCc4ccc(Cl)cc4Cl)c3)n1)CC2. The van der Waals surface area contributed by atoms with Crippen LogP contribution in [0, 0.1) is 0 Å². The molecular formula is C31H29Cl3N4O3S. The van der Waals surface area contributed by atoms with E-state index in [1.165, 1.54) is 17.3 Å². The van der Waals surface area contributed by atoms with Crippen molar-refractivity contribution in [3.05, 3.63) is 104 Å². The quantitative estimate of drug-likeness (QED) is 0.111. The van der Waals surface area contributed by atoms with Gasteiger partial charge in [0.25, 0.3) is 5.91 Å². The van der Waals surface area contributed by atoms with E-state index in [0.717, 1.165) is 41.2 Å². The lowest BCUT2D eigenvalue weighted by molar-refractivity contribution is 0.0954. The fourth-order valence-electron chi connectivity index (χ4n) is 4.78. The summed E-state index contributed by atoms with van der Waals surface area (Å²) in [5.74, 6) is 2.65. The van der Waals surface area contributed by atoms with Gasteiger partial charge in [-0.1, -0.05) is 64.8 Å². The molecule has 1 amide bonds. The van der Waals surface area contributed by atoms with Crippen LogP contribution in [0.3, 0.4) is 0 Å². The number of thioether (sulfide) groups is 1. The number of fused-ring (bicyclic) bond motifs is 1. The highest BCUT2D eigenvalue weighted by Gasteiger charge is 2.21. The highest BCUT2D eigenvalue weighted by atomic mass is 35.5. The van der Waals surface area contributed by atoms with Gasteiger partial charge in [0.2, 0.25) is 0 Å². The van der Waals surface area contributed by atoms with Crippen LogP contribution in [0.4, 0.5) is 5.82 Å². The van der Waals surface area contributed by atoms with Gasteiger partial charge in [-0.2, -0.15) is 0 Å². The number of amides is 1. The van der Waals surface area contributed by atoms with Gasteiger partial charge in [0, 0.05) is 47.1 Å². The van der Waals surface area contributed by atoms with E-state index in [0.29, 0.717) is 56.9 Å². The number of hydrogen-bond donors (Lipinski definition) is 1. The summed E-state index contributed by atoms with van der Waals surface area (Å²) in [5, 5.41) is 5.10. The van der Waals surface area contributed by atoms with E-state index in [4.69, 9.17) is 49.3 Å². The highest BCUT2D eigenvalue weighted by molar-refractivity contribution is 7.98. The molecule has 4 aromatic rings. The molecule has 0 saturated heterocycles. The number of hydrogen-bond acceptors (Lipinski definition) is 7. The molecule has 3 aromatic carbocycles. The van der Waals surface area contributed by atoms with Crippen LogP contribution in [-0.2, 0) is 25.1 Å². The smallest absolute Gasteiger partial charge is 0.251 e. The molecule has 11 heteroatoms. The summed E-state index contributed by atoms with van der Waals surface area (Å²) in [5.41, 5.74) is 4.89. The first-order chi connectivity index (χ1) is 20.3. The van der Waals surface area contributed by atoms with Gasteiger partial charge in [0.1, 0.15) is 11.0 Å². The van der Waals surface area contributed by atoms with E-state index in [1.54, 1.807) is 38.5 Å². The molecule has 5 rings (SSSR count). The zero-order chi connectivity index (χ0) is 29.6. The van der Waals surface area contributed by atoms with E-state index in [2.05, 4.69) is 15.2 Å². The molecule has 0 atom stereocenters. The Hall–Kier alpha value is -3.17. The van der Waals surface area contributed by atoms with E-state index >= 15 is 0 Å². The summed E-state index contributed by atoms with van der Waals surface area (Å²) >= 11 is 20.1. The molecule has 1 aliphatic rings. The lowest BCUT2D eigenvalue weighted by Crippen LogP contribution is -2.31. The molecular weight excluding hydrogens is 615 g/mol. The number of rotatable bonds is 10. The summed E-state index contributed by atoms with van der Waals surface area (Å²) < 4.78 is 11.0. The molecule has 2 heterocycles. The molecule has 0 unspecified atom stereocenters. The third-order valence-electron chi connectivity index (χ3n) is 6.96. The van der Waals surface area contributed by atoms with Gasteiger partial charge in [-0.05, 0) is 71.5 Å². The van der Waals surface area contributed by atoms with Crippen LogP contribution in [0.25, 0.3) is 0 Å². The largest absolute Gasteiger partial charge is 0.493 e. The lowest BCUT2D eigenvalue weighted by atomic mass is 9.99. The van der Waals surface area contributed by atoms with Crippen molar-refractivity contribution in [2.45, 2.75) is 30.3 Å². The maximum atomic E-state index is 12.8. The second-order valence-electron chi connectivity index (χ2n) is 9.71. The maximum absolute atomic E-state index is 12.8. The summed E-state index contributed by atoms with van der Waals surface area (Å²) in [7, 11) is 3.29. The number of carbonyl (C=O) groups excluding carboxylic acids is 1. The summed E-state index contributed by atoms with van der Waals surface area (Å²) in [6.45, 7) is 1.93. The van der Waals surface area contributed by atoms with Crippen molar-refractivity contribution >= 4 is 58.3 Å². The van der Waals surface area contributed by atoms with Gasteiger partial charge in [0.05, 0.1) is 14.2 Å². The molecule has 1 aliphatic heterocycles. The van der Waals surface area contributed by atoms with Crippen molar-refractivity contribution < 1.29 is 14.3 Å². The van der Waals surface area contributed by atoms with Crippen LogP contribution in [0.5, 0.6) is 11.5 Å². The number of carbonyl (C=O) groups is 1. The molecule has 0 spiro atoms. The Morgan fingerprint density at radius 2 is 1.76 bits per heavy atom. The molecule has 0 fully saturated rings. The van der Waals surface area contributed by atoms with Gasteiger partial charge in [-0.25, -0.2) is 9.97 Å². The third kappa shape index (κ3) is 7.42. The molecule has 7 nitrogen and oxygen atoms in total. The predicted molar refractivity (Wildman–Crippen MR) is 170 cm³/mol. The fourth-order valence-corrected chi connectivity index (χ4v) is 6.31. The Kier molecular flexibility index (Phi) is 10.0. The van der Waals surface area contributed by atoms with Crippen molar-refractivity contribution in [1.29, 1.82) is 0 Å². The first-order valence-corrected chi connectivity index (χ1v) is 15.4. The Labute approximate surface area is 264 Å². The van der Waals surface area contributed by atoms with Crippen LogP contribution in [0.2, 0.25) is 15.2 Å². The number of methoxy groups -OCH3 is 2. The second-order valence-corrected chi connectivity index (χ2v) is 11.9. The summed E-state index contributed by atoms with van der Waals surface area (Å²) in [6.07, 6.45) is 1.46. The average molecular weight is 644 g/mol. The summed E-state index contributed by atoms with van der Waals surface area (Å²) in [4.78, 5) is 24.2. The van der Waals surface area contributed by atoms with Gasteiger partial charge in [-0.15, -0.1) is 0 Å². The van der Waals surface area contributed by atoms with Crippen molar-refractivity contribution in [3.63, 3.8) is 0 Å². The van der Waals surface area contributed by atoms with E-state index < -0.39 is 0 Å². The Bertz CT molecular complexity index is 1600. The molecule has 1 N–H and O–H groups in total. The monoisotopic (exact) mass is 642 g/mol. The van der Waals surface area contributed by atoms with Gasteiger partial charge in [-0.3, -0.25) is 4.79 Å². The number of ether oxygens (including phenoxy) is 2. The minimum Gasteiger partial charge on any atom is -0.493 e. The van der Waals surface area contributed by atoms with Crippen LogP contribution in [0.1, 0.15) is 32.6 Å². The van der Waals surface area contributed by atoms with Crippen LogP contribution < -0.4 is 19.7 Å². The predicted octanol–water partition coefficient (Wildman–Crippen LogP) is 7.28. The topological polar surface area (TPSA) is 76.6 Å². The van der Waals surface area contributed by atoms with Gasteiger partial charge < -0.3 is 19.7 Å². The van der Waals surface area contributed by atoms with Crippen molar-refractivity contribution in [2.75, 3.05) is 32.2 Å². The maximum Gasteiger partial charge on any atom is 0.251 e. The Balaban J connectivity index is 1.20. The Morgan fingerprint density at radius 1 is 0.976 bits per heavy atom. The zero-order valence-corrected chi connectivity index (χ0v) is 26.2. The van der Waals surface area contributed by atoms with E-state index in [9.17, 15) is 4.79 Å². The minimum atomic E-state index is -0.146. The lowest BCUT2D eigenvalue weighted by Gasteiger charge is -2.30. The number of anilines is 1. The third-order valence-corrected chi connectivity index (χ3v) is 8.65. The Morgan fingerprint density at radius 3 is 2.52 bits per heavy atom. The molecule has 0 bridgehead atoms. The highest BCUT2D eigenvalue weighted by Crippen LogP contribution is 2.35. The minimum absolute atomic E-state index is 0.146. The van der Waals surface area contributed by atoms with Crippen molar-refractivity contribution in [1.82, 2.24) is 15.3 Å². The van der Waals surface area contributed by atoms with Crippen molar-refractivity contribution in [2.24, 2.45) is 0 Å². The number of halogens is 3. The second kappa shape index (κ2) is 13.9. The number of nitrogens with zero attached hydrogens (tertiary/aromatic N) is 3. The van der Waals surface area contributed by atoms with Crippen LogP contribution in [0.15, 0.2) is 65.8 Å². The first-order valence-electron chi connectivity index (χ1n) is 13.3. The standard InChI is InChI=1S/C31H29Cl3N4O3S/c1-40-26-13-21-9-11-38(17-23(21)14-27(26)41-2)29-16-28(34)36-31(37-29)42-18-19-4-3-5-22(12-19)30(39)35-10-8-20-6-7-24(32)15-25(20)33/h3-7,12-16H,8-11,17-18H2,1-2H3,(H,35,39). The molecule has 0 aliphatic carbocycles. The normalized spacial score (nSPS) is 12.5. The molecule has 42 heavy (non-hydrogen) atoms.